The topological polar surface area (TPSA) is 72.9 Å². The normalized spacial score (nSPS) is 15.3. The van der Waals surface area contributed by atoms with Gasteiger partial charge in [-0.05, 0) is 73.4 Å². The molecule has 0 radical (unpaired) electrons. The second-order valence-corrected chi connectivity index (χ2v) is 8.44. The van der Waals surface area contributed by atoms with Gasteiger partial charge in [-0.1, -0.05) is 19.1 Å². The molecule has 1 atom stereocenters. The molecule has 6 heteroatoms. The molecule has 6 nitrogen and oxygen atoms in total. The molecule has 0 spiro atoms. The van der Waals surface area contributed by atoms with Crippen molar-refractivity contribution in [3.05, 3.63) is 98.8 Å². The number of nitrogens with zero attached hydrogens (tertiary/aromatic N) is 1. The maximum Gasteiger partial charge on any atom is 0.291 e. The fourth-order valence-corrected chi connectivity index (χ4v) is 4.35. The summed E-state index contributed by atoms with van der Waals surface area (Å²) in [5.41, 5.74) is 3.38. The van der Waals surface area contributed by atoms with Crippen LogP contribution in [-0.2, 0) is 6.54 Å². The van der Waals surface area contributed by atoms with E-state index in [1.54, 1.807) is 17.2 Å². The summed E-state index contributed by atoms with van der Waals surface area (Å²) < 4.78 is 17.4. The Kier molecular flexibility index (Phi) is 5.29. The Bertz CT molecular complexity index is 1400. The predicted molar refractivity (Wildman–Crippen MR) is 125 cm³/mol. The van der Waals surface area contributed by atoms with E-state index in [-0.39, 0.29) is 23.6 Å². The van der Waals surface area contributed by atoms with Gasteiger partial charge in [-0.2, -0.15) is 0 Å². The largest absolute Gasteiger partial charge is 0.494 e. The molecule has 0 saturated heterocycles. The quantitative estimate of drug-likeness (QED) is 0.391. The van der Waals surface area contributed by atoms with Crippen LogP contribution in [-0.4, -0.2) is 17.4 Å². The second kappa shape index (κ2) is 8.28. The van der Waals surface area contributed by atoms with Crippen LogP contribution < -0.4 is 10.2 Å². The van der Waals surface area contributed by atoms with Crippen molar-refractivity contribution in [3.63, 3.8) is 0 Å². The number of ether oxygens (including phenoxy) is 1. The lowest BCUT2D eigenvalue weighted by Gasteiger charge is -2.24. The second-order valence-electron chi connectivity index (χ2n) is 8.44. The van der Waals surface area contributed by atoms with Crippen molar-refractivity contribution in [3.8, 4) is 5.75 Å². The van der Waals surface area contributed by atoms with Gasteiger partial charge in [0.1, 0.15) is 17.1 Å². The van der Waals surface area contributed by atoms with Gasteiger partial charge < -0.3 is 18.5 Å². The van der Waals surface area contributed by atoms with E-state index in [1.165, 1.54) is 0 Å². The third kappa shape index (κ3) is 3.61. The number of benzene rings is 2. The van der Waals surface area contributed by atoms with Gasteiger partial charge in [-0.25, -0.2) is 0 Å². The van der Waals surface area contributed by atoms with Crippen molar-refractivity contribution in [1.29, 1.82) is 0 Å². The van der Waals surface area contributed by atoms with Gasteiger partial charge >= 0.3 is 0 Å². The van der Waals surface area contributed by atoms with Crippen LogP contribution in [0.4, 0.5) is 0 Å². The highest BCUT2D eigenvalue weighted by atomic mass is 16.5. The van der Waals surface area contributed by atoms with Gasteiger partial charge in [0.05, 0.1) is 36.4 Å². The Labute approximate surface area is 191 Å². The predicted octanol–water partition coefficient (Wildman–Crippen LogP) is 5.54. The summed E-state index contributed by atoms with van der Waals surface area (Å²) in [5, 5.41) is 0.480. The van der Waals surface area contributed by atoms with Crippen LogP contribution in [0.5, 0.6) is 5.75 Å². The zero-order chi connectivity index (χ0) is 23.1. The highest BCUT2D eigenvalue weighted by Crippen LogP contribution is 2.40. The fraction of sp³-hybridized carbons (Fsp3) is 0.259. The van der Waals surface area contributed by atoms with Crippen molar-refractivity contribution in [2.24, 2.45) is 0 Å². The molecule has 0 aliphatic carbocycles. The number of rotatable bonds is 6. The first kappa shape index (κ1) is 21.1. The molecule has 4 aromatic rings. The molecule has 1 amide bonds. The number of fused-ring (bicyclic) bond motifs is 2. The van der Waals surface area contributed by atoms with Crippen molar-refractivity contribution < 1.29 is 18.4 Å². The maximum absolute atomic E-state index is 13.7. The molecule has 0 saturated carbocycles. The van der Waals surface area contributed by atoms with E-state index in [0.29, 0.717) is 34.6 Å². The summed E-state index contributed by atoms with van der Waals surface area (Å²) in [6.07, 6.45) is 2.45. The molecule has 0 N–H and O–H groups in total. The minimum Gasteiger partial charge on any atom is -0.494 e. The van der Waals surface area contributed by atoms with Crippen LogP contribution in [0.1, 0.15) is 58.0 Å². The highest BCUT2D eigenvalue weighted by Gasteiger charge is 2.43. The van der Waals surface area contributed by atoms with Gasteiger partial charge in [-0.3, -0.25) is 9.59 Å². The molecule has 2 aromatic heterocycles. The number of hydrogen-bond donors (Lipinski definition) is 0. The molecule has 0 fully saturated rings. The zero-order valence-corrected chi connectivity index (χ0v) is 18.9. The summed E-state index contributed by atoms with van der Waals surface area (Å²) in [6, 6.07) is 14.2. The molecule has 1 aliphatic rings. The molecule has 0 bridgehead atoms. The molecule has 5 rings (SSSR count). The first-order valence-corrected chi connectivity index (χ1v) is 11.1. The number of amides is 1. The standard InChI is InChI=1S/C27H25NO5/c1-4-10-31-19-8-5-7-18(14-19)24-23-25(29)21-12-16(2)17(3)13-22(21)33-26(23)27(30)28(24)15-20-9-6-11-32-20/h5-9,11-14,24H,4,10,15H2,1-3H3. The molecular weight excluding hydrogens is 418 g/mol. The van der Waals surface area contributed by atoms with E-state index in [0.717, 1.165) is 23.1 Å². The number of furan rings is 1. The highest BCUT2D eigenvalue weighted by molar-refractivity contribution is 5.99. The lowest BCUT2D eigenvalue weighted by atomic mass is 9.97. The third-order valence-corrected chi connectivity index (χ3v) is 6.13. The summed E-state index contributed by atoms with van der Waals surface area (Å²) >= 11 is 0. The number of hydrogen-bond acceptors (Lipinski definition) is 5. The van der Waals surface area contributed by atoms with Gasteiger partial charge in [-0.15, -0.1) is 0 Å². The van der Waals surface area contributed by atoms with E-state index in [1.807, 2.05) is 63.2 Å². The molecule has 1 unspecified atom stereocenters. The molecule has 2 aromatic carbocycles. The first-order chi connectivity index (χ1) is 16.0. The Morgan fingerprint density at radius 2 is 1.85 bits per heavy atom. The van der Waals surface area contributed by atoms with E-state index in [9.17, 15) is 9.59 Å². The third-order valence-electron chi connectivity index (χ3n) is 6.13. The maximum atomic E-state index is 13.7. The average molecular weight is 443 g/mol. The van der Waals surface area contributed by atoms with Crippen molar-refractivity contribution in [2.45, 2.75) is 39.8 Å². The van der Waals surface area contributed by atoms with Gasteiger partial charge in [0, 0.05) is 0 Å². The minimum absolute atomic E-state index is 0.0900. The first-order valence-electron chi connectivity index (χ1n) is 11.1. The lowest BCUT2D eigenvalue weighted by Crippen LogP contribution is -2.29. The average Bonchev–Trinajstić information content (AvgIpc) is 3.42. The molecule has 168 valence electrons. The lowest BCUT2D eigenvalue weighted by molar-refractivity contribution is 0.0701. The summed E-state index contributed by atoms with van der Waals surface area (Å²) in [4.78, 5) is 28.9. The Hall–Kier alpha value is -3.80. The van der Waals surface area contributed by atoms with E-state index in [4.69, 9.17) is 13.6 Å². The Morgan fingerprint density at radius 3 is 2.61 bits per heavy atom. The van der Waals surface area contributed by atoms with Gasteiger partial charge in [0.15, 0.2) is 5.43 Å². The minimum atomic E-state index is -0.606. The smallest absolute Gasteiger partial charge is 0.291 e. The molecular formula is C27H25NO5. The van der Waals surface area contributed by atoms with Crippen molar-refractivity contribution in [2.75, 3.05) is 6.61 Å². The Balaban J connectivity index is 1.71. The Morgan fingerprint density at radius 1 is 1.03 bits per heavy atom. The van der Waals surface area contributed by atoms with Gasteiger partial charge in [0.2, 0.25) is 5.76 Å². The molecule has 1 aliphatic heterocycles. The monoisotopic (exact) mass is 443 g/mol. The number of carbonyl (C=O) groups excluding carboxylic acids is 1. The summed E-state index contributed by atoms with van der Waals surface area (Å²) in [7, 11) is 0. The summed E-state index contributed by atoms with van der Waals surface area (Å²) in [5.74, 6) is 1.09. The summed E-state index contributed by atoms with van der Waals surface area (Å²) in [6.45, 7) is 6.76. The van der Waals surface area contributed by atoms with Crippen LogP contribution in [0.3, 0.4) is 0 Å². The van der Waals surface area contributed by atoms with Crippen molar-refractivity contribution in [1.82, 2.24) is 4.90 Å². The number of aryl methyl sites for hydroxylation is 2. The van der Waals surface area contributed by atoms with Gasteiger partial charge in [0.25, 0.3) is 5.91 Å². The van der Waals surface area contributed by atoms with Crippen LogP contribution >= 0.6 is 0 Å². The SMILES string of the molecule is CCCOc1cccc(C2c3c(oc4cc(C)c(C)cc4c3=O)C(=O)N2Cc2ccco2)c1. The van der Waals surface area contributed by atoms with Crippen molar-refractivity contribution >= 4 is 16.9 Å². The van der Waals surface area contributed by atoms with E-state index < -0.39 is 6.04 Å². The molecule has 33 heavy (non-hydrogen) atoms. The fourth-order valence-electron chi connectivity index (χ4n) is 4.35. The molecule has 3 heterocycles. The van der Waals surface area contributed by atoms with Crippen LogP contribution in [0.15, 0.2) is 68.4 Å². The van der Waals surface area contributed by atoms with Crippen LogP contribution in [0.25, 0.3) is 11.0 Å². The van der Waals surface area contributed by atoms with Crippen LogP contribution in [0, 0.1) is 13.8 Å². The zero-order valence-electron chi connectivity index (χ0n) is 18.9. The van der Waals surface area contributed by atoms with E-state index >= 15 is 0 Å². The van der Waals surface area contributed by atoms with Crippen LogP contribution in [0.2, 0.25) is 0 Å². The van der Waals surface area contributed by atoms with E-state index in [2.05, 4.69) is 0 Å². The number of carbonyl (C=O) groups is 1.